The molecule has 2 N–H and O–H groups in total. The molecular weight excluding hydrogens is 537 g/mol. The molecule has 0 saturated carbocycles. The van der Waals surface area contributed by atoms with Crippen molar-refractivity contribution in [3.05, 3.63) is 95.0 Å². The van der Waals surface area contributed by atoms with Crippen molar-refractivity contribution >= 4 is 44.8 Å². The van der Waals surface area contributed by atoms with Gasteiger partial charge in [-0.15, -0.1) is 0 Å². The molecule has 5 aromatic rings. The molecule has 0 fully saturated rings. The van der Waals surface area contributed by atoms with E-state index >= 15 is 0 Å². The molecule has 0 aliphatic rings. The normalized spacial score (nSPS) is 11.2. The Bertz CT molecular complexity index is 1550. The number of fused-ring (bicyclic) bond motifs is 1. The third kappa shape index (κ3) is 7.07. The van der Waals surface area contributed by atoms with Gasteiger partial charge in [-0.2, -0.15) is 0 Å². The second kappa shape index (κ2) is 12.9. The molecule has 39 heavy (non-hydrogen) atoms. The van der Waals surface area contributed by atoms with E-state index in [2.05, 4.69) is 44.9 Å². The first-order chi connectivity index (χ1) is 19.1. The van der Waals surface area contributed by atoms with E-state index in [0.717, 1.165) is 52.8 Å². The zero-order valence-corrected chi connectivity index (χ0v) is 22.9. The Hall–Kier alpha value is -3.63. The van der Waals surface area contributed by atoms with Crippen LogP contribution in [0.5, 0.6) is 5.75 Å². The molecule has 7 nitrogen and oxygen atoms in total. The molecule has 0 radical (unpaired) electrons. The summed E-state index contributed by atoms with van der Waals surface area (Å²) in [6.07, 6.45) is 2.50. The lowest BCUT2D eigenvalue weighted by Crippen LogP contribution is -2.15. The van der Waals surface area contributed by atoms with E-state index in [1.54, 1.807) is 31.4 Å². The SMILES string of the molecule is COCCCNCc1ccc(-c2nc3c(Nc4ccc(OCc5cccc(F)c5)c(Cl)c4)ncnc3s2)cc1. The number of aromatic nitrogens is 3. The molecule has 0 amide bonds. The largest absolute Gasteiger partial charge is 0.487 e. The molecule has 5 rings (SSSR count). The maximum absolute atomic E-state index is 13.4. The van der Waals surface area contributed by atoms with Crippen LogP contribution in [0.3, 0.4) is 0 Å². The van der Waals surface area contributed by atoms with Gasteiger partial charge in [0.15, 0.2) is 5.82 Å². The first-order valence-electron chi connectivity index (χ1n) is 12.4. The predicted octanol–water partition coefficient (Wildman–Crippen LogP) is 6.99. The zero-order valence-electron chi connectivity index (χ0n) is 21.3. The van der Waals surface area contributed by atoms with Gasteiger partial charge < -0.3 is 20.1 Å². The second-order valence-corrected chi connectivity index (χ2v) is 10.2. The first kappa shape index (κ1) is 27.0. The highest BCUT2D eigenvalue weighted by molar-refractivity contribution is 7.21. The lowest BCUT2D eigenvalue weighted by atomic mass is 10.1. The summed E-state index contributed by atoms with van der Waals surface area (Å²) >= 11 is 7.98. The number of hydrogen-bond acceptors (Lipinski definition) is 8. The van der Waals surface area contributed by atoms with Gasteiger partial charge in [0.05, 0.1) is 5.02 Å². The average Bonchev–Trinajstić information content (AvgIpc) is 3.38. The number of methoxy groups -OCH3 is 1. The van der Waals surface area contributed by atoms with Crippen LogP contribution in [0.2, 0.25) is 5.02 Å². The predicted molar refractivity (Wildman–Crippen MR) is 154 cm³/mol. The molecule has 0 spiro atoms. The molecule has 10 heteroatoms. The highest BCUT2D eigenvalue weighted by Crippen LogP contribution is 2.34. The Kier molecular flexibility index (Phi) is 8.95. The lowest BCUT2D eigenvalue weighted by molar-refractivity contribution is 0.194. The zero-order chi connectivity index (χ0) is 27.0. The van der Waals surface area contributed by atoms with E-state index in [1.807, 2.05) is 6.07 Å². The summed E-state index contributed by atoms with van der Waals surface area (Å²) < 4.78 is 24.3. The van der Waals surface area contributed by atoms with Gasteiger partial charge in [0.2, 0.25) is 0 Å². The second-order valence-electron chi connectivity index (χ2n) is 8.80. The van der Waals surface area contributed by atoms with Gasteiger partial charge >= 0.3 is 0 Å². The lowest BCUT2D eigenvalue weighted by Gasteiger charge is -2.11. The summed E-state index contributed by atoms with van der Waals surface area (Å²) in [5, 5.41) is 8.01. The van der Waals surface area contributed by atoms with Gasteiger partial charge in [0, 0.05) is 31.5 Å². The fourth-order valence-electron chi connectivity index (χ4n) is 3.93. The quantitative estimate of drug-likeness (QED) is 0.158. The van der Waals surface area contributed by atoms with Gasteiger partial charge in [0.1, 0.15) is 39.9 Å². The van der Waals surface area contributed by atoms with Crippen LogP contribution in [0.1, 0.15) is 17.5 Å². The van der Waals surface area contributed by atoms with Gasteiger partial charge in [-0.05, 0) is 54.4 Å². The minimum Gasteiger partial charge on any atom is -0.487 e. The topological polar surface area (TPSA) is 81.2 Å². The highest BCUT2D eigenvalue weighted by atomic mass is 35.5. The van der Waals surface area contributed by atoms with E-state index in [-0.39, 0.29) is 12.4 Å². The monoisotopic (exact) mass is 563 g/mol. The number of anilines is 2. The van der Waals surface area contributed by atoms with Crippen molar-refractivity contribution in [1.29, 1.82) is 0 Å². The summed E-state index contributed by atoms with van der Waals surface area (Å²) in [6.45, 7) is 2.69. The Morgan fingerprint density at radius 1 is 1.00 bits per heavy atom. The third-order valence-electron chi connectivity index (χ3n) is 5.91. The van der Waals surface area contributed by atoms with Crippen molar-refractivity contribution in [1.82, 2.24) is 20.3 Å². The van der Waals surface area contributed by atoms with Crippen molar-refractivity contribution in [2.24, 2.45) is 0 Å². The molecule has 0 aliphatic carbocycles. The Balaban J connectivity index is 1.26. The molecule has 0 aliphatic heterocycles. The van der Waals surface area contributed by atoms with Crippen LogP contribution in [0.15, 0.2) is 73.1 Å². The Morgan fingerprint density at radius 2 is 1.87 bits per heavy atom. The Morgan fingerprint density at radius 3 is 2.67 bits per heavy atom. The van der Waals surface area contributed by atoms with Gasteiger partial charge in [0.25, 0.3) is 0 Å². The maximum Gasteiger partial charge on any atom is 0.161 e. The van der Waals surface area contributed by atoms with Gasteiger partial charge in [-0.25, -0.2) is 19.3 Å². The van der Waals surface area contributed by atoms with Crippen LogP contribution in [0.25, 0.3) is 20.9 Å². The van der Waals surface area contributed by atoms with E-state index in [0.29, 0.717) is 22.1 Å². The molecule has 2 aromatic heterocycles. The van der Waals surface area contributed by atoms with Gasteiger partial charge in [-0.3, -0.25) is 0 Å². The number of benzene rings is 3. The van der Waals surface area contributed by atoms with Crippen LogP contribution in [-0.4, -0.2) is 35.2 Å². The molecular formula is C29H27ClFN5O2S. The minimum atomic E-state index is -0.304. The third-order valence-corrected chi connectivity index (χ3v) is 7.21. The van der Waals surface area contributed by atoms with Crippen LogP contribution < -0.4 is 15.4 Å². The fraction of sp³-hybridized carbons (Fsp3) is 0.207. The number of hydrogen-bond donors (Lipinski definition) is 2. The summed E-state index contributed by atoms with van der Waals surface area (Å²) in [7, 11) is 1.72. The van der Waals surface area contributed by atoms with Gasteiger partial charge in [-0.1, -0.05) is 59.3 Å². The number of nitrogens with one attached hydrogen (secondary N) is 2. The van der Waals surface area contributed by atoms with E-state index in [4.69, 9.17) is 26.1 Å². The standard InChI is InChI=1S/C29H27ClFN5O2S/c1-37-13-3-12-32-16-19-6-8-21(9-7-19)28-36-26-27(33-18-34-29(26)39-28)35-23-10-11-25(24(30)15-23)38-17-20-4-2-5-22(31)14-20/h2,4-11,14-15,18,32H,3,12-13,16-17H2,1H3,(H,33,34,35). The molecule has 3 aromatic carbocycles. The first-order valence-corrected chi connectivity index (χ1v) is 13.6. The summed E-state index contributed by atoms with van der Waals surface area (Å²) in [4.78, 5) is 14.4. The molecule has 2 heterocycles. The van der Waals surface area contributed by atoms with Crippen molar-refractivity contribution < 1.29 is 13.9 Å². The van der Waals surface area contributed by atoms with Crippen molar-refractivity contribution in [2.75, 3.05) is 25.6 Å². The summed E-state index contributed by atoms with van der Waals surface area (Å²) in [6, 6.07) is 20.0. The minimum absolute atomic E-state index is 0.213. The van der Waals surface area contributed by atoms with E-state index in [1.165, 1.54) is 35.4 Å². The van der Waals surface area contributed by atoms with Crippen molar-refractivity contribution in [3.8, 4) is 16.3 Å². The Labute approximate surface area is 235 Å². The van der Waals surface area contributed by atoms with Crippen molar-refractivity contribution in [2.45, 2.75) is 19.6 Å². The van der Waals surface area contributed by atoms with E-state index < -0.39 is 0 Å². The number of rotatable bonds is 12. The molecule has 0 saturated heterocycles. The molecule has 0 atom stereocenters. The van der Waals surface area contributed by atoms with E-state index in [9.17, 15) is 4.39 Å². The number of nitrogens with zero attached hydrogens (tertiary/aromatic N) is 3. The van der Waals surface area contributed by atoms with Crippen LogP contribution in [-0.2, 0) is 17.9 Å². The molecule has 200 valence electrons. The summed E-state index contributed by atoms with van der Waals surface area (Å²) in [5.41, 5.74) is 4.37. The smallest absolute Gasteiger partial charge is 0.161 e. The van der Waals surface area contributed by atoms with Crippen LogP contribution >= 0.6 is 22.9 Å². The molecule has 0 unspecified atom stereocenters. The average molecular weight is 564 g/mol. The highest BCUT2D eigenvalue weighted by Gasteiger charge is 2.13. The fourth-order valence-corrected chi connectivity index (χ4v) is 5.08. The molecule has 0 bridgehead atoms. The van der Waals surface area contributed by atoms with Crippen molar-refractivity contribution in [3.63, 3.8) is 0 Å². The number of halogens is 2. The van der Waals surface area contributed by atoms with Crippen LogP contribution in [0, 0.1) is 5.82 Å². The number of thiazole rings is 1. The maximum atomic E-state index is 13.4. The van der Waals surface area contributed by atoms with Crippen LogP contribution in [0.4, 0.5) is 15.9 Å². The summed E-state index contributed by atoms with van der Waals surface area (Å²) in [5.74, 6) is 0.787. The number of ether oxygens (including phenoxy) is 2.